The predicted molar refractivity (Wildman–Crippen MR) is 82.7 cm³/mol. The highest BCUT2D eigenvalue weighted by Crippen LogP contribution is 2.22. The van der Waals surface area contributed by atoms with E-state index in [4.69, 9.17) is 4.74 Å². The third-order valence-corrected chi connectivity index (χ3v) is 3.19. The number of piperazine rings is 1. The number of H-pyrrole nitrogens is 1. The second kappa shape index (κ2) is 6.13. The second-order valence-electron chi connectivity index (χ2n) is 6.14. The Morgan fingerprint density at radius 1 is 1.36 bits per heavy atom. The SMILES string of the molecule is C=C1CN(C(=O)OC(C)(C)C)CCN1c1ccc(N=O)[nH+]c1. The zero-order valence-corrected chi connectivity index (χ0v) is 13.1. The van der Waals surface area contributed by atoms with Crippen molar-refractivity contribution in [3.63, 3.8) is 0 Å². The first-order valence-electron chi connectivity index (χ1n) is 7.08. The summed E-state index contributed by atoms with van der Waals surface area (Å²) in [6.45, 7) is 11.1. The Morgan fingerprint density at radius 3 is 2.59 bits per heavy atom. The van der Waals surface area contributed by atoms with Crippen LogP contribution in [-0.4, -0.2) is 36.2 Å². The summed E-state index contributed by atoms with van der Waals surface area (Å²) in [6.07, 6.45) is 1.37. The summed E-state index contributed by atoms with van der Waals surface area (Å²) in [7, 11) is 0. The molecule has 0 atom stereocenters. The van der Waals surface area contributed by atoms with Crippen molar-refractivity contribution in [2.75, 3.05) is 24.5 Å². The van der Waals surface area contributed by atoms with E-state index in [0.29, 0.717) is 19.6 Å². The second-order valence-corrected chi connectivity index (χ2v) is 6.14. The molecule has 0 spiro atoms. The van der Waals surface area contributed by atoms with E-state index in [1.54, 1.807) is 23.2 Å². The zero-order chi connectivity index (χ0) is 16.3. The average molecular weight is 305 g/mol. The normalized spacial score (nSPS) is 15.7. The van der Waals surface area contributed by atoms with Gasteiger partial charge < -0.3 is 14.5 Å². The molecule has 1 amide bonds. The van der Waals surface area contributed by atoms with Crippen LogP contribution in [0.4, 0.5) is 16.3 Å². The molecule has 0 saturated carbocycles. The minimum atomic E-state index is -0.512. The van der Waals surface area contributed by atoms with Gasteiger partial charge in [-0.2, -0.15) is 0 Å². The quantitative estimate of drug-likeness (QED) is 0.786. The van der Waals surface area contributed by atoms with E-state index in [1.165, 1.54) is 0 Å². The fourth-order valence-electron chi connectivity index (χ4n) is 2.19. The summed E-state index contributed by atoms with van der Waals surface area (Å²) in [5.41, 5.74) is 1.15. The maximum atomic E-state index is 12.1. The number of hydrogen-bond acceptors (Lipinski definition) is 5. The summed E-state index contributed by atoms with van der Waals surface area (Å²) < 4.78 is 5.37. The van der Waals surface area contributed by atoms with Gasteiger partial charge in [-0.15, -0.1) is 0 Å². The lowest BCUT2D eigenvalue weighted by Crippen LogP contribution is -2.48. The van der Waals surface area contributed by atoms with Gasteiger partial charge in [-0.05, 0) is 31.7 Å². The van der Waals surface area contributed by atoms with E-state index in [2.05, 4.69) is 16.7 Å². The first kappa shape index (κ1) is 15.9. The minimum Gasteiger partial charge on any atom is -0.444 e. The summed E-state index contributed by atoms with van der Waals surface area (Å²) in [6, 6.07) is 3.40. The number of hydrogen-bond donors (Lipinski definition) is 0. The van der Waals surface area contributed by atoms with Crippen molar-refractivity contribution in [3.05, 3.63) is 35.5 Å². The molecule has 1 aliphatic heterocycles. The smallest absolute Gasteiger partial charge is 0.410 e. The van der Waals surface area contributed by atoms with Gasteiger partial charge in [0, 0.05) is 24.9 Å². The van der Waals surface area contributed by atoms with Crippen molar-refractivity contribution in [2.45, 2.75) is 26.4 Å². The largest absolute Gasteiger partial charge is 0.444 e. The van der Waals surface area contributed by atoms with Gasteiger partial charge in [0.2, 0.25) is 5.18 Å². The lowest BCUT2D eigenvalue weighted by molar-refractivity contribution is -0.362. The average Bonchev–Trinajstić information content (AvgIpc) is 2.45. The number of ether oxygens (including phenoxy) is 1. The first-order valence-corrected chi connectivity index (χ1v) is 7.08. The number of aromatic amines is 1. The van der Waals surface area contributed by atoms with E-state index in [0.717, 1.165) is 11.4 Å². The molecular weight excluding hydrogens is 284 g/mol. The van der Waals surface area contributed by atoms with Crippen LogP contribution in [0.5, 0.6) is 0 Å². The lowest BCUT2D eigenvalue weighted by atomic mass is 10.2. The molecule has 2 heterocycles. The van der Waals surface area contributed by atoms with Gasteiger partial charge in [0.15, 0.2) is 0 Å². The van der Waals surface area contributed by atoms with E-state index >= 15 is 0 Å². The van der Waals surface area contributed by atoms with Crippen LogP contribution in [0.2, 0.25) is 0 Å². The highest BCUT2D eigenvalue weighted by Gasteiger charge is 2.28. The van der Waals surface area contributed by atoms with Crippen LogP contribution in [-0.2, 0) is 4.74 Å². The van der Waals surface area contributed by atoms with E-state index < -0.39 is 5.60 Å². The topological polar surface area (TPSA) is 76.3 Å². The fourth-order valence-corrected chi connectivity index (χ4v) is 2.19. The maximum absolute atomic E-state index is 12.1. The van der Waals surface area contributed by atoms with Gasteiger partial charge in [0.05, 0.1) is 12.2 Å². The minimum absolute atomic E-state index is 0.266. The number of aromatic nitrogens is 1. The maximum Gasteiger partial charge on any atom is 0.410 e. The van der Waals surface area contributed by atoms with Crippen LogP contribution in [0.15, 0.2) is 35.8 Å². The molecule has 0 unspecified atom stereocenters. The van der Waals surface area contributed by atoms with E-state index in [9.17, 15) is 9.70 Å². The van der Waals surface area contributed by atoms with Gasteiger partial charge >= 0.3 is 11.9 Å². The van der Waals surface area contributed by atoms with Crippen molar-refractivity contribution in [3.8, 4) is 0 Å². The number of rotatable bonds is 2. The molecule has 1 aromatic rings. The van der Waals surface area contributed by atoms with Crippen LogP contribution in [0.25, 0.3) is 0 Å². The number of nitroso groups, excluding NO2 is 1. The van der Waals surface area contributed by atoms with Gasteiger partial charge in [-0.1, -0.05) is 6.58 Å². The van der Waals surface area contributed by atoms with Crippen LogP contribution < -0.4 is 9.88 Å². The summed E-state index contributed by atoms with van der Waals surface area (Å²) in [5, 5.41) is 2.83. The number of nitrogens with zero attached hydrogens (tertiary/aromatic N) is 3. The van der Waals surface area contributed by atoms with E-state index in [1.807, 2.05) is 25.7 Å². The molecule has 0 bridgehead atoms. The zero-order valence-electron chi connectivity index (χ0n) is 13.1. The molecule has 0 aliphatic carbocycles. The molecule has 1 N–H and O–H groups in total. The first-order chi connectivity index (χ1) is 10.3. The molecule has 0 aromatic carbocycles. The summed E-state index contributed by atoms with van der Waals surface area (Å²) in [4.78, 5) is 28.9. The third kappa shape index (κ3) is 3.81. The van der Waals surface area contributed by atoms with Crippen molar-refractivity contribution >= 4 is 17.6 Å². The van der Waals surface area contributed by atoms with Gasteiger partial charge in [0.1, 0.15) is 11.8 Å². The van der Waals surface area contributed by atoms with Crippen molar-refractivity contribution in [1.29, 1.82) is 0 Å². The summed E-state index contributed by atoms with van der Waals surface area (Å²) >= 11 is 0. The number of nitrogens with one attached hydrogen (secondary N) is 1. The summed E-state index contributed by atoms with van der Waals surface area (Å²) in [5.74, 6) is 0.266. The Labute approximate surface area is 129 Å². The molecule has 1 saturated heterocycles. The number of carbonyl (C=O) groups excluding carboxylic acids is 1. The monoisotopic (exact) mass is 305 g/mol. The molecule has 118 valence electrons. The Balaban J connectivity index is 2.02. The van der Waals surface area contributed by atoms with Crippen LogP contribution in [0.1, 0.15) is 20.8 Å². The molecular formula is C15H21N4O3+. The Bertz CT molecular complexity index is 577. The highest BCUT2D eigenvalue weighted by molar-refractivity contribution is 5.69. The fraction of sp³-hybridized carbons (Fsp3) is 0.467. The predicted octanol–water partition coefficient (Wildman–Crippen LogP) is 2.47. The number of anilines is 1. The third-order valence-electron chi connectivity index (χ3n) is 3.19. The molecule has 22 heavy (non-hydrogen) atoms. The lowest BCUT2D eigenvalue weighted by Gasteiger charge is -2.37. The Kier molecular flexibility index (Phi) is 4.44. The number of amides is 1. The van der Waals surface area contributed by atoms with Crippen LogP contribution in [0.3, 0.4) is 0 Å². The molecule has 1 aliphatic rings. The van der Waals surface area contributed by atoms with Crippen LogP contribution in [0, 0.1) is 4.91 Å². The Morgan fingerprint density at radius 2 is 2.09 bits per heavy atom. The van der Waals surface area contributed by atoms with Crippen molar-refractivity contribution in [2.24, 2.45) is 5.18 Å². The number of carbonyl (C=O) groups is 1. The highest BCUT2D eigenvalue weighted by atomic mass is 16.6. The van der Waals surface area contributed by atoms with Crippen molar-refractivity contribution < 1.29 is 14.5 Å². The van der Waals surface area contributed by atoms with Crippen molar-refractivity contribution in [1.82, 2.24) is 4.90 Å². The molecule has 2 rings (SSSR count). The van der Waals surface area contributed by atoms with Gasteiger partial charge in [-0.25, -0.2) is 9.78 Å². The molecule has 1 fully saturated rings. The standard InChI is InChI=1S/C15H20N4O3/c1-11-10-18(14(20)22-15(2,3)4)7-8-19(11)12-5-6-13(17-21)16-9-12/h5-6,9H,1,7-8,10H2,2-4H3/p+1. The Hall–Kier alpha value is -2.44. The molecule has 1 aromatic heterocycles. The van der Waals surface area contributed by atoms with Crippen LogP contribution >= 0.6 is 0 Å². The molecule has 7 heteroatoms. The van der Waals surface area contributed by atoms with E-state index in [-0.39, 0.29) is 11.9 Å². The molecule has 0 radical (unpaired) electrons. The van der Waals surface area contributed by atoms with Gasteiger partial charge in [0.25, 0.3) is 0 Å². The van der Waals surface area contributed by atoms with Gasteiger partial charge in [-0.3, -0.25) is 0 Å². The molecule has 7 nitrogen and oxygen atoms in total. The number of pyridine rings is 1.